The number of anilines is 2. The van der Waals surface area contributed by atoms with E-state index >= 15 is 0 Å². The number of thiophene rings is 1. The lowest BCUT2D eigenvalue weighted by Gasteiger charge is -2.15. The zero-order valence-electron chi connectivity index (χ0n) is 9.65. The first-order chi connectivity index (χ1) is 7.60. The minimum Gasteiger partial charge on any atom is -0.465 e. The summed E-state index contributed by atoms with van der Waals surface area (Å²) in [6.07, 6.45) is 0. The zero-order valence-corrected chi connectivity index (χ0v) is 10.5. The molecule has 0 saturated heterocycles. The van der Waals surface area contributed by atoms with Crippen LogP contribution in [0.3, 0.4) is 0 Å². The van der Waals surface area contributed by atoms with Crippen LogP contribution in [0.15, 0.2) is 6.07 Å². The number of hydrogen-bond acceptors (Lipinski definition) is 6. The molecule has 1 aromatic heterocycles. The summed E-state index contributed by atoms with van der Waals surface area (Å²) in [7, 11) is 4.91. The van der Waals surface area contributed by atoms with Crippen LogP contribution in [0.1, 0.15) is 9.67 Å². The van der Waals surface area contributed by atoms with Gasteiger partial charge >= 0.3 is 5.97 Å². The Kier molecular flexibility index (Phi) is 4.57. The standard InChI is InChI=1S/C10H16N2O3S/c1-12(4-5-14-2)8-6-7(11)9(16-8)10(13)15-3/h6H,4-5,11H2,1-3H3. The summed E-state index contributed by atoms with van der Waals surface area (Å²) < 4.78 is 9.62. The van der Waals surface area contributed by atoms with Gasteiger partial charge in [-0.25, -0.2) is 4.79 Å². The maximum atomic E-state index is 11.3. The molecule has 16 heavy (non-hydrogen) atoms. The number of carbonyl (C=O) groups is 1. The zero-order chi connectivity index (χ0) is 12.1. The molecule has 0 fully saturated rings. The maximum Gasteiger partial charge on any atom is 0.350 e. The number of esters is 1. The minimum atomic E-state index is -0.395. The number of nitrogens with zero attached hydrogens (tertiary/aromatic N) is 1. The molecular formula is C10H16N2O3S. The summed E-state index contributed by atoms with van der Waals surface area (Å²) in [5, 5.41) is 0.926. The molecule has 5 nitrogen and oxygen atoms in total. The van der Waals surface area contributed by atoms with E-state index in [9.17, 15) is 4.79 Å². The summed E-state index contributed by atoms with van der Waals surface area (Å²) in [6, 6.07) is 1.77. The van der Waals surface area contributed by atoms with Crippen molar-refractivity contribution in [2.24, 2.45) is 0 Å². The fraction of sp³-hybridized carbons (Fsp3) is 0.500. The van der Waals surface area contributed by atoms with Crippen LogP contribution < -0.4 is 10.6 Å². The minimum absolute atomic E-state index is 0.395. The Balaban J connectivity index is 2.79. The van der Waals surface area contributed by atoms with Crippen molar-refractivity contribution in [1.82, 2.24) is 0 Å². The molecule has 2 N–H and O–H groups in total. The predicted molar refractivity (Wildman–Crippen MR) is 65.2 cm³/mol. The van der Waals surface area contributed by atoms with Crippen LogP contribution >= 0.6 is 11.3 Å². The average Bonchev–Trinajstić information content (AvgIpc) is 2.67. The van der Waals surface area contributed by atoms with E-state index in [-0.39, 0.29) is 0 Å². The molecule has 1 heterocycles. The van der Waals surface area contributed by atoms with Crippen LogP contribution in [0.4, 0.5) is 10.7 Å². The highest BCUT2D eigenvalue weighted by Gasteiger charge is 2.16. The molecule has 0 spiro atoms. The van der Waals surface area contributed by atoms with Crippen molar-refractivity contribution >= 4 is 28.0 Å². The summed E-state index contributed by atoms with van der Waals surface area (Å²) >= 11 is 1.32. The van der Waals surface area contributed by atoms with E-state index in [2.05, 4.69) is 4.74 Å². The molecule has 0 saturated carbocycles. The molecular weight excluding hydrogens is 228 g/mol. The van der Waals surface area contributed by atoms with Crippen molar-refractivity contribution in [2.45, 2.75) is 0 Å². The first-order valence-electron chi connectivity index (χ1n) is 4.77. The fourth-order valence-electron chi connectivity index (χ4n) is 1.17. The number of carbonyl (C=O) groups excluding carboxylic acids is 1. The van der Waals surface area contributed by atoms with E-state index in [4.69, 9.17) is 10.5 Å². The number of nitrogen functional groups attached to an aromatic ring is 1. The Labute approximate surface area is 98.7 Å². The van der Waals surface area contributed by atoms with Gasteiger partial charge in [-0.05, 0) is 6.07 Å². The highest BCUT2D eigenvalue weighted by Crippen LogP contribution is 2.31. The molecule has 1 rings (SSSR count). The topological polar surface area (TPSA) is 64.8 Å². The lowest BCUT2D eigenvalue weighted by molar-refractivity contribution is 0.0607. The lowest BCUT2D eigenvalue weighted by atomic mass is 10.4. The van der Waals surface area contributed by atoms with E-state index < -0.39 is 5.97 Å². The van der Waals surface area contributed by atoms with Crippen molar-refractivity contribution in [3.63, 3.8) is 0 Å². The second-order valence-corrected chi connectivity index (χ2v) is 4.31. The second kappa shape index (κ2) is 5.72. The van der Waals surface area contributed by atoms with Gasteiger partial charge in [-0.2, -0.15) is 0 Å². The van der Waals surface area contributed by atoms with Crippen LogP contribution in [0.5, 0.6) is 0 Å². The summed E-state index contributed by atoms with van der Waals surface area (Å²) in [5.74, 6) is -0.395. The maximum absolute atomic E-state index is 11.3. The van der Waals surface area contributed by atoms with Crippen molar-refractivity contribution < 1.29 is 14.3 Å². The van der Waals surface area contributed by atoms with Gasteiger partial charge in [0.15, 0.2) is 0 Å². The molecule has 0 aliphatic rings. The second-order valence-electron chi connectivity index (χ2n) is 3.28. The SMILES string of the molecule is COCCN(C)c1cc(N)c(C(=O)OC)s1. The molecule has 0 radical (unpaired) electrons. The number of hydrogen-bond donors (Lipinski definition) is 1. The monoisotopic (exact) mass is 244 g/mol. The van der Waals surface area contributed by atoms with Crippen LogP contribution in [-0.2, 0) is 9.47 Å². The number of rotatable bonds is 5. The molecule has 0 aliphatic carbocycles. The summed E-state index contributed by atoms with van der Waals surface area (Å²) in [6.45, 7) is 1.37. The number of nitrogens with two attached hydrogens (primary N) is 1. The Bertz CT molecular complexity index is 365. The Hall–Kier alpha value is -1.27. The van der Waals surface area contributed by atoms with Crippen LogP contribution in [0.2, 0.25) is 0 Å². The van der Waals surface area contributed by atoms with Crippen molar-refractivity contribution in [3.05, 3.63) is 10.9 Å². The smallest absolute Gasteiger partial charge is 0.350 e. The first kappa shape index (κ1) is 12.8. The third-order valence-electron chi connectivity index (χ3n) is 2.13. The Morgan fingerprint density at radius 1 is 1.56 bits per heavy atom. The summed E-state index contributed by atoms with van der Waals surface area (Å²) in [5.41, 5.74) is 6.19. The predicted octanol–water partition coefficient (Wildman–Crippen LogP) is 1.20. The molecule has 0 amide bonds. The molecule has 0 unspecified atom stereocenters. The molecule has 1 aromatic rings. The normalized spacial score (nSPS) is 10.2. The summed E-state index contributed by atoms with van der Waals surface area (Å²) in [4.78, 5) is 13.8. The number of methoxy groups -OCH3 is 2. The van der Waals surface area contributed by atoms with Gasteiger partial charge in [-0.1, -0.05) is 0 Å². The van der Waals surface area contributed by atoms with Crippen LogP contribution in [0, 0.1) is 0 Å². The number of ether oxygens (including phenoxy) is 2. The van der Waals surface area contributed by atoms with Crippen molar-refractivity contribution in [2.75, 3.05) is 45.1 Å². The highest BCUT2D eigenvalue weighted by atomic mass is 32.1. The largest absolute Gasteiger partial charge is 0.465 e. The third-order valence-corrected chi connectivity index (χ3v) is 3.37. The third kappa shape index (κ3) is 2.86. The molecule has 0 aromatic carbocycles. The lowest BCUT2D eigenvalue weighted by Crippen LogP contribution is -2.20. The average molecular weight is 244 g/mol. The van der Waals surface area contributed by atoms with E-state index in [1.54, 1.807) is 13.2 Å². The van der Waals surface area contributed by atoms with E-state index in [1.165, 1.54) is 18.4 Å². The first-order valence-corrected chi connectivity index (χ1v) is 5.59. The van der Waals surface area contributed by atoms with E-state index in [1.807, 2.05) is 11.9 Å². The molecule has 6 heteroatoms. The Morgan fingerprint density at radius 3 is 2.81 bits per heavy atom. The van der Waals surface area contributed by atoms with E-state index in [0.29, 0.717) is 17.2 Å². The van der Waals surface area contributed by atoms with Gasteiger partial charge in [0.1, 0.15) is 4.88 Å². The number of likely N-dealkylation sites (N-methyl/N-ethyl adjacent to an activating group) is 1. The molecule has 0 aliphatic heterocycles. The van der Waals surface area contributed by atoms with Crippen LogP contribution in [0.25, 0.3) is 0 Å². The molecule has 90 valence electrons. The van der Waals surface area contributed by atoms with Crippen molar-refractivity contribution in [3.8, 4) is 0 Å². The molecule has 0 atom stereocenters. The Morgan fingerprint density at radius 2 is 2.25 bits per heavy atom. The van der Waals surface area contributed by atoms with Gasteiger partial charge < -0.3 is 20.1 Å². The van der Waals surface area contributed by atoms with Crippen LogP contribution in [-0.4, -0.2) is 40.4 Å². The highest BCUT2D eigenvalue weighted by molar-refractivity contribution is 7.18. The van der Waals surface area contributed by atoms with Gasteiger partial charge in [0.05, 0.1) is 24.4 Å². The fourth-order valence-corrected chi connectivity index (χ4v) is 2.16. The van der Waals surface area contributed by atoms with Gasteiger partial charge in [0.25, 0.3) is 0 Å². The van der Waals surface area contributed by atoms with E-state index in [0.717, 1.165) is 11.5 Å². The van der Waals surface area contributed by atoms with Gasteiger partial charge in [0.2, 0.25) is 0 Å². The van der Waals surface area contributed by atoms with Gasteiger partial charge in [-0.15, -0.1) is 11.3 Å². The quantitative estimate of drug-likeness (QED) is 0.788. The van der Waals surface area contributed by atoms with Gasteiger partial charge in [0, 0.05) is 20.7 Å². The van der Waals surface area contributed by atoms with Gasteiger partial charge in [-0.3, -0.25) is 0 Å². The molecule has 0 bridgehead atoms. The van der Waals surface area contributed by atoms with Crippen molar-refractivity contribution in [1.29, 1.82) is 0 Å².